The van der Waals surface area contributed by atoms with Crippen LogP contribution in [-0.4, -0.2) is 15.9 Å². The van der Waals surface area contributed by atoms with E-state index in [0.29, 0.717) is 27.7 Å². The number of hydrogen-bond acceptors (Lipinski definition) is 3. The summed E-state index contributed by atoms with van der Waals surface area (Å²) in [6, 6.07) is 3.80. The number of rotatable bonds is 2. The van der Waals surface area contributed by atoms with Crippen LogP contribution in [0.4, 0.5) is 5.69 Å². The maximum absolute atomic E-state index is 12.4. The molecule has 0 aliphatic heterocycles. The number of aromatic nitrogens is 2. The number of halogens is 1. The first-order chi connectivity index (χ1) is 9.40. The molecule has 2 aromatic rings. The first-order valence-corrected chi connectivity index (χ1v) is 6.64. The Hall–Kier alpha value is -1.94. The summed E-state index contributed by atoms with van der Waals surface area (Å²) in [5, 5.41) is 3.38. The summed E-state index contributed by atoms with van der Waals surface area (Å²) in [6.45, 7) is 7.44. The Morgan fingerprint density at radius 2 is 1.70 bits per heavy atom. The van der Waals surface area contributed by atoms with Crippen molar-refractivity contribution < 1.29 is 4.79 Å². The lowest BCUT2D eigenvalue weighted by Gasteiger charge is -2.13. The molecular formula is C15H16ClN3O. The van der Waals surface area contributed by atoms with Crippen LogP contribution in [0.25, 0.3) is 0 Å². The Morgan fingerprint density at radius 1 is 1.10 bits per heavy atom. The average molecular weight is 290 g/mol. The van der Waals surface area contributed by atoms with Gasteiger partial charge < -0.3 is 5.32 Å². The maximum Gasteiger partial charge on any atom is 0.259 e. The molecule has 0 saturated carbocycles. The van der Waals surface area contributed by atoms with Crippen LogP contribution < -0.4 is 5.32 Å². The summed E-state index contributed by atoms with van der Waals surface area (Å²) in [5.74, 6) is -0.241. The van der Waals surface area contributed by atoms with Gasteiger partial charge in [0, 0.05) is 0 Å². The van der Waals surface area contributed by atoms with Crippen LogP contribution in [0.2, 0.25) is 5.02 Å². The predicted molar refractivity (Wildman–Crippen MR) is 80.4 cm³/mol. The maximum atomic E-state index is 12.4. The predicted octanol–water partition coefficient (Wildman–Crippen LogP) is 3.62. The topological polar surface area (TPSA) is 54.9 Å². The van der Waals surface area contributed by atoms with Crippen LogP contribution in [0, 0.1) is 27.7 Å². The molecule has 0 spiro atoms. The van der Waals surface area contributed by atoms with Crippen molar-refractivity contribution in [3.63, 3.8) is 0 Å². The standard InChI is InChI=1S/C15H16ClN3O/c1-8-5-9(2)14(12(16)6-8)19-15(20)13-10(3)17-7-18-11(13)4/h5-7H,1-4H3,(H,19,20). The molecule has 0 bridgehead atoms. The molecule has 4 nitrogen and oxygen atoms in total. The molecule has 0 saturated heterocycles. The molecule has 0 unspecified atom stereocenters. The fourth-order valence-electron chi connectivity index (χ4n) is 2.17. The van der Waals surface area contributed by atoms with Gasteiger partial charge in [0.05, 0.1) is 27.7 Å². The van der Waals surface area contributed by atoms with Crippen molar-refractivity contribution in [3.8, 4) is 0 Å². The number of carbonyl (C=O) groups is 1. The number of aryl methyl sites for hydroxylation is 4. The van der Waals surface area contributed by atoms with Crippen molar-refractivity contribution >= 4 is 23.2 Å². The Balaban J connectivity index is 2.38. The van der Waals surface area contributed by atoms with Crippen LogP contribution in [0.3, 0.4) is 0 Å². The molecule has 1 heterocycles. The van der Waals surface area contributed by atoms with Gasteiger partial charge in [-0.3, -0.25) is 4.79 Å². The Bertz CT molecular complexity index is 640. The van der Waals surface area contributed by atoms with Gasteiger partial charge >= 0.3 is 0 Å². The van der Waals surface area contributed by atoms with Gasteiger partial charge in [-0.15, -0.1) is 0 Å². The molecular weight excluding hydrogens is 274 g/mol. The summed E-state index contributed by atoms with van der Waals surface area (Å²) in [7, 11) is 0. The molecule has 1 amide bonds. The number of nitrogens with one attached hydrogen (secondary N) is 1. The van der Waals surface area contributed by atoms with E-state index in [1.807, 2.05) is 26.0 Å². The summed E-state index contributed by atoms with van der Waals surface area (Å²) < 4.78 is 0. The molecule has 5 heteroatoms. The first-order valence-electron chi connectivity index (χ1n) is 6.26. The minimum atomic E-state index is -0.241. The molecule has 1 aromatic carbocycles. The normalized spacial score (nSPS) is 10.4. The zero-order valence-corrected chi connectivity index (χ0v) is 12.7. The third-order valence-electron chi connectivity index (χ3n) is 3.12. The van der Waals surface area contributed by atoms with Gasteiger partial charge in [-0.05, 0) is 44.9 Å². The minimum Gasteiger partial charge on any atom is -0.320 e. The quantitative estimate of drug-likeness (QED) is 0.919. The van der Waals surface area contributed by atoms with Crippen molar-refractivity contribution in [2.24, 2.45) is 0 Å². The number of nitrogens with zero attached hydrogens (tertiary/aromatic N) is 2. The number of benzene rings is 1. The van der Waals surface area contributed by atoms with Crippen LogP contribution in [0.5, 0.6) is 0 Å². The SMILES string of the molecule is Cc1cc(C)c(NC(=O)c2c(C)ncnc2C)c(Cl)c1. The van der Waals surface area contributed by atoms with Crippen molar-refractivity contribution in [1.29, 1.82) is 0 Å². The van der Waals surface area contributed by atoms with Crippen LogP contribution in [0.15, 0.2) is 18.5 Å². The summed E-state index contributed by atoms with van der Waals surface area (Å²) >= 11 is 6.20. The molecule has 1 N–H and O–H groups in total. The second kappa shape index (κ2) is 5.59. The van der Waals surface area contributed by atoms with Crippen LogP contribution in [0.1, 0.15) is 32.9 Å². The van der Waals surface area contributed by atoms with Gasteiger partial charge in [0.15, 0.2) is 0 Å². The number of carbonyl (C=O) groups excluding carboxylic acids is 1. The highest BCUT2D eigenvalue weighted by Gasteiger charge is 2.16. The van der Waals surface area contributed by atoms with E-state index in [4.69, 9.17) is 11.6 Å². The Labute approximate surface area is 123 Å². The molecule has 0 aliphatic carbocycles. The van der Waals surface area contributed by atoms with Crippen molar-refractivity contribution in [2.75, 3.05) is 5.32 Å². The smallest absolute Gasteiger partial charge is 0.259 e. The van der Waals surface area contributed by atoms with E-state index in [9.17, 15) is 4.79 Å². The molecule has 0 aliphatic rings. The van der Waals surface area contributed by atoms with Crippen LogP contribution in [-0.2, 0) is 0 Å². The van der Waals surface area contributed by atoms with Crippen LogP contribution >= 0.6 is 11.6 Å². The van der Waals surface area contributed by atoms with Gasteiger partial charge in [-0.2, -0.15) is 0 Å². The molecule has 2 rings (SSSR count). The van der Waals surface area contributed by atoms with E-state index < -0.39 is 0 Å². The lowest BCUT2D eigenvalue weighted by Crippen LogP contribution is -2.17. The Kier molecular flexibility index (Phi) is 4.04. The van der Waals surface area contributed by atoms with Gasteiger partial charge in [0.25, 0.3) is 5.91 Å². The number of amides is 1. The van der Waals surface area contributed by atoms with E-state index >= 15 is 0 Å². The fraction of sp³-hybridized carbons (Fsp3) is 0.267. The fourth-order valence-corrected chi connectivity index (χ4v) is 2.54. The van der Waals surface area contributed by atoms with Crippen molar-refractivity contribution in [1.82, 2.24) is 9.97 Å². The van der Waals surface area contributed by atoms with E-state index in [-0.39, 0.29) is 5.91 Å². The lowest BCUT2D eigenvalue weighted by molar-refractivity contribution is 0.102. The molecule has 104 valence electrons. The largest absolute Gasteiger partial charge is 0.320 e. The second-order valence-corrected chi connectivity index (χ2v) is 5.22. The van der Waals surface area contributed by atoms with E-state index in [0.717, 1.165) is 11.1 Å². The lowest BCUT2D eigenvalue weighted by atomic mass is 10.1. The molecule has 20 heavy (non-hydrogen) atoms. The highest BCUT2D eigenvalue weighted by atomic mass is 35.5. The van der Waals surface area contributed by atoms with Gasteiger partial charge in [-0.1, -0.05) is 17.7 Å². The molecule has 0 atom stereocenters. The highest BCUT2D eigenvalue weighted by Crippen LogP contribution is 2.28. The van der Waals surface area contributed by atoms with Crippen molar-refractivity contribution in [2.45, 2.75) is 27.7 Å². The summed E-state index contributed by atoms with van der Waals surface area (Å²) in [6.07, 6.45) is 1.45. The van der Waals surface area contributed by atoms with E-state index in [1.165, 1.54) is 6.33 Å². The van der Waals surface area contributed by atoms with Crippen molar-refractivity contribution in [3.05, 3.63) is 51.6 Å². The number of anilines is 1. The van der Waals surface area contributed by atoms with Gasteiger partial charge in [0.2, 0.25) is 0 Å². The van der Waals surface area contributed by atoms with E-state index in [2.05, 4.69) is 15.3 Å². The Morgan fingerprint density at radius 3 is 2.25 bits per heavy atom. The average Bonchev–Trinajstić information content (AvgIpc) is 2.33. The van der Waals surface area contributed by atoms with Gasteiger partial charge in [0.1, 0.15) is 6.33 Å². The number of hydrogen-bond donors (Lipinski definition) is 1. The zero-order chi connectivity index (χ0) is 14.9. The third-order valence-corrected chi connectivity index (χ3v) is 3.42. The molecule has 0 radical (unpaired) electrons. The summed E-state index contributed by atoms with van der Waals surface area (Å²) in [4.78, 5) is 20.5. The minimum absolute atomic E-state index is 0.241. The molecule has 1 aromatic heterocycles. The summed E-state index contributed by atoms with van der Waals surface area (Å²) in [5.41, 5.74) is 4.40. The first kappa shape index (κ1) is 14.5. The zero-order valence-electron chi connectivity index (χ0n) is 11.9. The van der Waals surface area contributed by atoms with E-state index in [1.54, 1.807) is 13.8 Å². The highest BCUT2D eigenvalue weighted by molar-refractivity contribution is 6.34. The monoisotopic (exact) mass is 289 g/mol. The van der Waals surface area contributed by atoms with Gasteiger partial charge in [-0.25, -0.2) is 9.97 Å². The second-order valence-electron chi connectivity index (χ2n) is 4.81. The third kappa shape index (κ3) is 2.80. The molecule has 0 fully saturated rings.